The van der Waals surface area contributed by atoms with E-state index in [1.165, 1.54) is 0 Å². The topological polar surface area (TPSA) is 61.3 Å². The summed E-state index contributed by atoms with van der Waals surface area (Å²) in [6.45, 7) is 2.40. The van der Waals surface area contributed by atoms with Gasteiger partial charge in [-0.15, -0.1) is 0 Å². The van der Waals surface area contributed by atoms with Gasteiger partial charge in [0, 0.05) is 6.54 Å². The summed E-state index contributed by atoms with van der Waals surface area (Å²) in [5.41, 5.74) is 11.7. The van der Waals surface area contributed by atoms with Gasteiger partial charge in [0.15, 0.2) is 0 Å². The Balaban J connectivity index is 2.69. The molecule has 0 amide bonds. The molecule has 0 aromatic heterocycles. The Hall–Kier alpha value is -1.22. The first-order valence-corrected chi connectivity index (χ1v) is 3.95. The quantitative estimate of drug-likeness (QED) is 0.658. The van der Waals surface area contributed by atoms with E-state index >= 15 is 0 Å². The molecule has 12 heavy (non-hydrogen) atoms. The number of nitrogen functional groups attached to an aromatic ring is 1. The number of nitrogens with two attached hydrogens (primary N) is 2. The molecule has 0 aliphatic carbocycles. The van der Waals surface area contributed by atoms with Gasteiger partial charge in [-0.2, -0.15) is 0 Å². The molecule has 0 fully saturated rings. The van der Waals surface area contributed by atoms with Gasteiger partial charge in [0.25, 0.3) is 0 Å². The second kappa shape index (κ2) is 3.97. The fourth-order valence-corrected chi connectivity index (χ4v) is 0.853. The van der Waals surface area contributed by atoms with Gasteiger partial charge in [0.05, 0.1) is 5.69 Å². The molecule has 1 aromatic carbocycles. The Morgan fingerprint density at radius 1 is 1.42 bits per heavy atom. The molecular weight excluding hydrogens is 152 g/mol. The highest BCUT2D eigenvalue weighted by Crippen LogP contribution is 2.20. The van der Waals surface area contributed by atoms with Gasteiger partial charge in [-0.25, -0.2) is 0 Å². The molecule has 3 heteroatoms. The zero-order valence-electron chi connectivity index (χ0n) is 7.16. The number of ether oxygens (including phenoxy) is 1. The zero-order chi connectivity index (χ0) is 8.97. The Morgan fingerprint density at radius 2 is 2.08 bits per heavy atom. The predicted octanol–water partition coefficient (Wildman–Crippen LogP) is 0.995. The third-order valence-corrected chi connectivity index (χ3v) is 1.58. The normalized spacial score (nSPS) is 12.5. The van der Waals surface area contributed by atoms with Crippen LogP contribution in [0.1, 0.15) is 6.92 Å². The molecule has 1 atom stereocenters. The molecule has 1 rings (SSSR count). The Morgan fingerprint density at radius 3 is 2.67 bits per heavy atom. The van der Waals surface area contributed by atoms with Crippen molar-refractivity contribution in [2.75, 3.05) is 12.3 Å². The molecule has 0 aliphatic rings. The third-order valence-electron chi connectivity index (χ3n) is 1.58. The van der Waals surface area contributed by atoms with E-state index in [0.29, 0.717) is 18.0 Å². The van der Waals surface area contributed by atoms with Crippen molar-refractivity contribution in [1.82, 2.24) is 0 Å². The van der Waals surface area contributed by atoms with Crippen LogP contribution in [0.25, 0.3) is 0 Å². The molecule has 0 spiro atoms. The van der Waals surface area contributed by atoms with Crippen molar-refractivity contribution in [3.63, 3.8) is 0 Å². The summed E-state index contributed by atoms with van der Waals surface area (Å²) < 4.78 is 5.44. The first kappa shape index (κ1) is 8.87. The standard InChI is InChI=1S/C9H14N2O/c1-7(6-10)12-9-5-3-2-4-8(9)11/h2-5,7H,6,10-11H2,1H3. The maximum atomic E-state index is 5.66. The highest BCUT2D eigenvalue weighted by atomic mass is 16.5. The third kappa shape index (κ3) is 2.13. The van der Waals surface area contributed by atoms with Crippen LogP contribution in [0.5, 0.6) is 5.75 Å². The number of anilines is 1. The van der Waals surface area contributed by atoms with Gasteiger partial charge >= 0.3 is 0 Å². The number of hydrogen-bond donors (Lipinski definition) is 2. The van der Waals surface area contributed by atoms with E-state index in [0.717, 1.165) is 0 Å². The molecule has 1 unspecified atom stereocenters. The van der Waals surface area contributed by atoms with Gasteiger partial charge in [-0.05, 0) is 19.1 Å². The van der Waals surface area contributed by atoms with E-state index in [9.17, 15) is 0 Å². The first-order chi connectivity index (χ1) is 5.74. The van der Waals surface area contributed by atoms with Crippen molar-refractivity contribution in [2.24, 2.45) is 5.73 Å². The highest BCUT2D eigenvalue weighted by Gasteiger charge is 2.02. The second-order valence-electron chi connectivity index (χ2n) is 2.70. The summed E-state index contributed by atoms with van der Waals surface area (Å²) in [6.07, 6.45) is 0.00898. The van der Waals surface area contributed by atoms with Crippen LogP contribution in [-0.4, -0.2) is 12.6 Å². The molecular formula is C9H14N2O. The summed E-state index contributed by atoms with van der Waals surface area (Å²) in [5.74, 6) is 0.704. The molecule has 3 nitrogen and oxygen atoms in total. The Bertz CT molecular complexity index is 250. The predicted molar refractivity (Wildman–Crippen MR) is 50.0 cm³/mol. The van der Waals surface area contributed by atoms with Crippen molar-refractivity contribution >= 4 is 5.69 Å². The minimum atomic E-state index is 0.00898. The summed E-state index contributed by atoms with van der Waals surface area (Å²) in [7, 11) is 0. The summed E-state index contributed by atoms with van der Waals surface area (Å²) in [6, 6.07) is 7.39. The van der Waals surface area contributed by atoms with Crippen LogP contribution in [0.2, 0.25) is 0 Å². The average Bonchev–Trinajstić information content (AvgIpc) is 2.09. The van der Waals surface area contributed by atoms with Crippen LogP contribution in [0, 0.1) is 0 Å². The van der Waals surface area contributed by atoms with Crippen molar-refractivity contribution < 1.29 is 4.74 Å². The molecule has 0 bridgehead atoms. The van der Waals surface area contributed by atoms with Crippen LogP contribution in [-0.2, 0) is 0 Å². The van der Waals surface area contributed by atoms with Crippen LogP contribution >= 0.6 is 0 Å². The molecule has 4 N–H and O–H groups in total. The lowest BCUT2D eigenvalue weighted by Crippen LogP contribution is -2.23. The minimum absolute atomic E-state index is 0.00898. The zero-order valence-corrected chi connectivity index (χ0v) is 7.16. The molecule has 0 saturated carbocycles. The van der Waals surface area contributed by atoms with Crippen LogP contribution < -0.4 is 16.2 Å². The van der Waals surface area contributed by atoms with E-state index < -0.39 is 0 Å². The maximum Gasteiger partial charge on any atom is 0.142 e. The van der Waals surface area contributed by atoms with Crippen molar-refractivity contribution in [3.05, 3.63) is 24.3 Å². The highest BCUT2D eigenvalue weighted by molar-refractivity contribution is 5.51. The Kier molecular flexibility index (Phi) is 2.94. The minimum Gasteiger partial charge on any atom is -0.487 e. The average molecular weight is 166 g/mol. The lowest BCUT2D eigenvalue weighted by Gasteiger charge is -2.13. The molecule has 0 aliphatic heterocycles. The van der Waals surface area contributed by atoms with Gasteiger partial charge < -0.3 is 16.2 Å². The SMILES string of the molecule is CC(CN)Oc1ccccc1N. The van der Waals surface area contributed by atoms with E-state index in [4.69, 9.17) is 16.2 Å². The molecule has 0 radical (unpaired) electrons. The first-order valence-electron chi connectivity index (χ1n) is 3.95. The summed E-state index contributed by atoms with van der Waals surface area (Å²) >= 11 is 0. The van der Waals surface area contributed by atoms with E-state index in [2.05, 4.69) is 0 Å². The monoisotopic (exact) mass is 166 g/mol. The van der Waals surface area contributed by atoms with Crippen molar-refractivity contribution in [2.45, 2.75) is 13.0 Å². The lowest BCUT2D eigenvalue weighted by molar-refractivity contribution is 0.231. The van der Waals surface area contributed by atoms with Gasteiger partial charge in [-0.3, -0.25) is 0 Å². The van der Waals surface area contributed by atoms with E-state index in [-0.39, 0.29) is 6.10 Å². The van der Waals surface area contributed by atoms with Crippen molar-refractivity contribution in [1.29, 1.82) is 0 Å². The summed E-state index contributed by atoms with van der Waals surface area (Å²) in [5, 5.41) is 0. The maximum absolute atomic E-state index is 5.66. The smallest absolute Gasteiger partial charge is 0.142 e. The number of rotatable bonds is 3. The van der Waals surface area contributed by atoms with Crippen LogP contribution in [0.4, 0.5) is 5.69 Å². The fraction of sp³-hybridized carbons (Fsp3) is 0.333. The lowest BCUT2D eigenvalue weighted by atomic mass is 10.3. The van der Waals surface area contributed by atoms with Crippen LogP contribution in [0.15, 0.2) is 24.3 Å². The van der Waals surface area contributed by atoms with E-state index in [1.54, 1.807) is 6.07 Å². The molecule has 0 saturated heterocycles. The summed E-state index contributed by atoms with van der Waals surface area (Å²) in [4.78, 5) is 0. The van der Waals surface area contributed by atoms with Gasteiger partial charge in [-0.1, -0.05) is 12.1 Å². The largest absolute Gasteiger partial charge is 0.487 e. The number of benzene rings is 1. The van der Waals surface area contributed by atoms with Gasteiger partial charge in [0.1, 0.15) is 11.9 Å². The molecule has 1 aromatic rings. The molecule has 66 valence electrons. The number of para-hydroxylation sites is 2. The fourth-order valence-electron chi connectivity index (χ4n) is 0.853. The van der Waals surface area contributed by atoms with Gasteiger partial charge in [0.2, 0.25) is 0 Å². The Labute approximate surface area is 72.3 Å². The number of hydrogen-bond acceptors (Lipinski definition) is 3. The van der Waals surface area contributed by atoms with E-state index in [1.807, 2.05) is 25.1 Å². The van der Waals surface area contributed by atoms with Crippen LogP contribution in [0.3, 0.4) is 0 Å². The second-order valence-corrected chi connectivity index (χ2v) is 2.70. The molecule has 0 heterocycles. The van der Waals surface area contributed by atoms with Crippen molar-refractivity contribution in [3.8, 4) is 5.75 Å².